The lowest BCUT2D eigenvalue weighted by molar-refractivity contribution is 0.196. The molecule has 0 radical (unpaired) electrons. The van der Waals surface area contributed by atoms with Crippen molar-refractivity contribution in [1.82, 2.24) is 4.90 Å². The van der Waals surface area contributed by atoms with Crippen molar-refractivity contribution in [2.24, 2.45) is 0 Å². The van der Waals surface area contributed by atoms with Gasteiger partial charge in [-0.25, -0.2) is 0 Å². The molecule has 0 saturated carbocycles. The zero-order valence-electron chi connectivity index (χ0n) is 13.0. The lowest BCUT2D eigenvalue weighted by Crippen LogP contribution is -2.28. The summed E-state index contributed by atoms with van der Waals surface area (Å²) < 4.78 is 23.8. The Bertz CT molecular complexity index is 495. The molecule has 0 bridgehead atoms. The highest BCUT2D eigenvalue weighted by Crippen LogP contribution is 2.54. The molecule has 0 heterocycles. The lowest BCUT2D eigenvalue weighted by Gasteiger charge is -2.29. The maximum absolute atomic E-state index is 12.9. The molecular formula is C15H23ClNO3P. The van der Waals surface area contributed by atoms with Gasteiger partial charge in [-0.05, 0) is 39.6 Å². The van der Waals surface area contributed by atoms with Crippen LogP contribution in [-0.2, 0) is 13.6 Å². The molecule has 0 fully saturated rings. The number of rotatable bonds is 8. The van der Waals surface area contributed by atoms with Crippen LogP contribution in [-0.4, -0.2) is 38.0 Å². The Hall–Kier alpha value is -0.640. The average molecular weight is 332 g/mol. The first-order valence-electron chi connectivity index (χ1n) is 6.92. The van der Waals surface area contributed by atoms with E-state index in [2.05, 4.69) is 0 Å². The molecule has 0 aliphatic carbocycles. The summed E-state index contributed by atoms with van der Waals surface area (Å²) in [4.78, 5) is 1.79. The van der Waals surface area contributed by atoms with Gasteiger partial charge in [0.15, 0.2) is 0 Å². The molecule has 0 unspecified atom stereocenters. The van der Waals surface area contributed by atoms with Crippen LogP contribution in [0.2, 0.25) is 0 Å². The molecule has 118 valence electrons. The Morgan fingerprint density at radius 1 is 1.24 bits per heavy atom. The first-order chi connectivity index (χ1) is 9.94. The average Bonchev–Trinajstić information content (AvgIpc) is 2.45. The predicted molar refractivity (Wildman–Crippen MR) is 88.6 cm³/mol. The second-order valence-electron chi connectivity index (χ2n) is 4.63. The molecule has 6 heteroatoms. The Labute approximate surface area is 132 Å². The fourth-order valence-electron chi connectivity index (χ4n) is 1.90. The highest BCUT2D eigenvalue weighted by Gasteiger charge is 2.36. The van der Waals surface area contributed by atoms with Crippen LogP contribution in [0.3, 0.4) is 0 Å². The van der Waals surface area contributed by atoms with Crippen LogP contribution in [0, 0.1) is 0 Å². The van der Waals surface area contributed by atoms with E-state index in [0.29, 0.717) is 18.2 Å². The van der Waals surface area contributed by atoms with Gasteiger partial charge in [0, 0.05) is 5.03 Å². The highest BCUT2D eigenvalue weighted by atomic mass is 35.5. The summed E-state index contributed by atoms with van der Waals surface area (Å²) in [5, 5.41) is 0.522. The third kappa shape index (κ3) is 5.24. The maximum Gasteiger partial charge on any atom is 0.351 e. The SMILES string of the molecule is CCOP(=O)(OCC)[C@@H](/C=C(\Cl)c1ccccc1)N(C)C. The van der Waals surface area contributed by atoms with Crippen molar-refractivity contribution >= 4 is 24.2 Å². The largest absolute Gasteiger partial charge is 0.351 e. The van der Waals surface area contributed by atoms with Crippen molar-refractivity contribution in [3.8, 4) is 0 Å². The molecule has 21 heavy (non-hydrogen) atoms. The van der Waals surface area contributed by atoms with Gasteiger partial charge in [-0.15, -0.1) is 0 Å². The molecule has 0 amide bonds. The minimum atomic E-state index is -3.29. The molecule has 1 atom stereocenters. The number of hydrogen-bond donors (Lipinski definition) is 0. The molecule has 0 aliphatic rings. The molecule has 1 rings (SSSR count). The first kappa shape index (κ1) is 18.4. The van der Waals surface area contributed by atoms with E-state index in [-0.39, 0.29) is 0 Å². The van der Waals surface area contributed by atoms with Crippen molar-refractivity contribution in [1.29, 1.82) is 0 Å². The van der Waals surface area contributed by atoms with Crippen molar-refractivity contribution in [2.45, 2.75) is 19.6 Å². The van der Waals surface area contributed by atoms with Crippen molar-refractivity contribution in [2.75, 3.05) is 27.3 Å². The molecule has 0 aromatic heterocycles. The molecule has 1 aromatic carbocycles. The first-order valence-corrected chi connectivity index (χ1v) is 8.91. The van der Waals surface area contributed by atoms with Gasteiger partial charge in [-0.1, -0.05) is 41.9 Å². The fourth-order valence-corrected chi connectivity index (χ4v) is 4.23. The van der Waals surface area contributed by atoms with E-state index >= 15 is 0 Å². The van der Waals surface area contributed by atoms with Crippen molar-refractivity contribution < 1.29 is 13.6 Å². The van der Waals surface area contributed by atoms with Gasteiger partial charge in [0.05, 0.1) is 13.2 Å². The number of halogens is 1. The van der Waals surface area contributed by atoms with E-state index in [4.69, 9.17) is 20.6 Å². The lowest BCUT2D eigenvalue weighted by atomic mass is 10.2. The monoisotopic (exact) mass is 331 g/mol. The van der Waals surface area contributed by atoms with Gasteiger partial charge in [0.1, 0.15) is 5.78 Å². The molecule has 0 N–H and O–H groups in total. The second-order valence-corrected chi connectivity index (χ2v) is 7.17. The van der Waals surface area contributed by atoms with E-state index in [1.54, 1.807) is 24.8 Å². The zero-order valence-corrected chi connectivity index (χ0v) is 14.6. The smallest absolute Gasteiger partial charge is 0.308 e. The van der Waals surface area contributed by atoms with Gasteiger partial charge in [0.25, 0.3) is 0 Å². The molecule has 1 aromatic rings. The Balaban J connectivity index is 3.14. The van der Waals surface area contributed by atoms with Crippen LogP contribution >= 0.6 is 19.2 Å². The Morgan fingerprint density at radius 3 is 2.19 bits per heavy atom. The van der Waals surface area contributed by atoms with Gasteiger partial charge >= 0.3 is 7.60 Å². The molecular weight excluding hydrogens is 309 g/mol. The van der Waals surface area contributed by atoms with Crippen molar-refractivity contribution in [3.05, 3.63) is 42.0 Å². The summed E-state index contributed by atoms with van der Waals surface area (Å²) in [6.07, 6.45) is 1.73. The molecule has 0 saturated heterocycles. The van der Waals surface area contributed by atoms with E-state index in [9.17, 15) is 4.57 Å². The number of likely N-dealkylation sites (N-methyl/N-ethyl adjacent to an activating group) is 1. The van der Waals surface area contributed by atoms with Gasteiger partial charge in [-0.2, -0.15) is 0 Å². The van der Waals surface area contributed by atoms with E-state index < -0.39 is 13.4 Å². The Kier molecular flexibility index (Phi) is 7.64. The second kappa shape index (κ2) is 8.72. The third-order valence-corrected chi connectivity index (χ3v) is 5.66. The van der Waals surface area contributed by atoms with E-state index in [0.717, 1.165) is 5.56 Å². The summed E-state index contributed by atoms with van der Waals surface area (Å²) in [6, 6.07) is 9.53. The standard InChI is InChI=1S/C15H23ClNO3P/c1-5-19-21(18,20-6-2)15(17(3)4)12-14(16)13-10-8-7-9-11-13/h7-12,15H,5-6H2,1-4H3/b14-12-/t15-/m0/s1. The van der Waals surface area contributed by atoms with Crippen molar-refractivity contribution in [3.63, 3.8) is 0 Å². The third-order valence-electron chi connectivity index (χ3n) is 2.82. The molecule has 4 nitrogen and oxygen atoms in total. The summed E-state index contributed by atoms with van der Waals surface area (Å²) in [5.74, 6) is -0.537. The summed E-state index contributed by atoms with van der Waals surface area (Å²) >= 11 is 6.35. The summed E-state index contributed by atoms with van der Waals surface area (Å²) in [5.41, 5.74) is 0.866. The predicted octanol–water partition coefficient (Wildman–Crippen LogP) is 4.42. The number of benzene rings is 1. The van der Waals surface area contributed by atoms with Crippen LogP contribution in [0.5, 0.6) is 0 Å². The zero-order chi connectivity index (χ0) is 15.9. The molecule has 0 aliphatic heterocycles. The van der Waals surface area contributed by atoms with Crippen LogP contribution in [0.4, 0.5) is 0 Å². The van der Waals surface area contributed by atoms with E-state index in [1.807, 2.05) is 44.4 Å². The van der Waals surface area contributed by atoms with Crippen LogP contribution in [0.25, 0.3) is 5.03 Å². The Morgan fingerprint density at radius 2 is 1.76 bits per heavy atom. The van der Waals surface area contributed by atoms with Crippen LogP contribution < -0.4 is 0 Å². The van der Waals surface area contributed by atoms with Crippen LogP contribution in [0.1, 0.15) is 19.4 Å². The fraction of sp³-hybridized carbons (Fsp3) is 0.467. The topological polar surface area (TPSA) is 38.8 Å². The minimum absolute atomic E-state index is 0.318. The number of hydrogen-bond acceptors (Lipinski definition) is 4. The summed E-state index contributed by atoms with van der Waals surface area (Å²) in [6.45, 7) is 4.22. The van der Waals surface area contributed by atoms with Crippen LogP contribution in [0.15, 0.2) is 36.4 Å². The minimum Gasteiger partial charge on any atom is -0.308 e. The quantitative estimate of drug-likeness (QED) is 0.661. The van der Waals surface area contributed by atoms with Gasteiger partial charge in [0.2, 0.25) is 0 Å². The van der Waals surface area contributed by atoms with E-state index in [1.165, 1.54) is 0 Å². The summed E-state index contributed by atoms with van der Waals surface area (Å²) in [7, 11) is 0.346. The molecule has 0 spiro atoms. The number of nitrogens with zero attached hydrogens (tertiary/aromatic N) is 1. The maximum atomic E-state index is 12.9. The van der Waals surface area contributed by atoms with Gasteiger partial charge in [-0.3, -0.25) is 9.46 Å². The highest BCUT2D eigenvalue weighted by molar-refractivity contribution is 7.54. The van der Waals surface area contributed by atoms with Gasteiger partial charge < -0.3 is 9.05 Å². The normalized spacial score (nSPS) is 14.5.